The Morgan fingerprint density at radius 1 is 1.31 bits per heavy atom. The average Bonchev–Trinajstić information content (AvgIpc) is 3.24. The molecule has 0 aromatic carbocycles. The van der Waals surface area contributed by atoms with Gasteiger partial charge in [-0.25, -0.2) is 9.97 Å². The number of thiazole rings is 1. The highest BCUT2D eigenvalue weighted by Crippen LogP contribution is 2.39. The lowest BCUT2D eigenvalue weighted by Gasteiger charge is -2.39. The Morgan fingerprint density at radius 2 is 2.10 bits per heavy atom. The molecule has 1 amide bonds. The molecule has 0 saturated carbocycles. The Labute approximate surface area is 173 Å². The van der Waals surface area contributed by atoms with E-state index in [1.807, 2.05) is 4.90 Å². The van der Waals surface area contributed by atoms with Crippen molar-refractivity contribution in [2.75, 3.05) is 38.2 Å². The first-order valence-corrected chi connectivity index (χ1v) is 10.9. The first kappa shape index (κ1) is 18.7. The van der Waals surface area contributed by atoms with E-state index in [1.165, 1.54) is 36.0 Å². The number of carbonyl (C=O) groups is 1. The third-order valence-corrected chi connectivity index (χ3v) is 7.12. The predicted octanol–water partition coefficient (Wildman–Crippen LogP) is 1.92. The second-order valence-electron chi connectivity index (χ2n) is 8.05. The lowest BCUT2D eigenvalue weighted by Crippen LogP contribution is -2.52. The van der Waals surface area contributed by atoms with E-state index in [2.05, 4.69) is 21.8 Å². The fourth-order valence-electron chi connectivity index (χ4n) is 4.62. The Balaban J connectivity index is 1.23. The van der Waals surface area contributed by atoms with Crippen molar-refractivity contribution < 1.29 is 13.9 Å². The van der Waals surface area contributed by atoms with Gasteiger partial charge in [0.15, 0.2) is 11.7 Å². The van der Waals surface area contributed by atoms with Crippen molar-refractivity contribution in [3.63, 3.8) is 0 Å². The van der Waals surface area contributed by atoms with E-state index in [9.17, 15) is 9.18 Å². The average molecular weight is 418 g/mol. The van der Waals surface area contributed by atoms with Gasteiger partial charge in [-0.05, 0) is 32.0 Å². The van der Waals surface area contributed by atoms with Crippen LogP contribution in [-0.4, -0.2) is 71.0 Å². The number of nitrogens with zero attached hydrogens (tertiary/aromatic N) is 5. The smallest absolute Gasteiger partial charge is 0.260 e. The van der Waals surface area contributed by atoms with Gasteiger partial charge in [0, 0.05) is 43.0 Å². The zero-order chi connectivity index (χ0) is 20.0. The number of likely N-dealkylation sites (tertiary alicyclic amines) is 1. The molecule has 0 radical (unpaired) electrons. The van der Waals surface area contributed by atoms with Crippen molar-refractivity contribution in [1.29, 1.82) is 0 Å². The van der Waals surface area contributed by atoms with Gasteiger partial charge < -0.3 is 19.4 Å². The van der Waals surface area contributed by atoms with Gasteiger partial charge in [-0.1, -0.05) is 11.3 Å². The number of pyridine rings is 1. The van der Waals surface area contributed by atoms with Crippen molar-refractivity contribution in [2.45, 2.75) is 37.9 Å². The van der Waals surface area contributed by atoms with E-state index in [-0.39, 0.29) is 12.5 Å². The molecular weight excluding hydrogens is 393 g/mol. The zero-order valence-corrected chi connectivity index (χ0v) is 17.2. The maximum Gasteiger partial charge on any atom is 0.260 e. The van der Waals surface area contributed by atoms with Crippen LogP contribution in [0.5, 0.6) is 5.75 Å². The summed E-state index contributed by atoms with van der Waals surface area (Å²) >= 11 is 1.74. The Morgan fingerprint density at radius 3 is 2.83 bits per heavy atom. The van der Waals surface area contributed by atoms with Gasteiger partial charge in [0.1, 0.15) is 5.75 Å². The van der Waals surface area contributed by atoms with Crippen LogP contribution < -0.4 is 9.64 Å². The number of anilines is 1. The van der Waals surface area contributed by atoms with Gasteiger partial charge >= 0.3 is 0 Å². The fourth-order valence-corrected chi connectivity index (χ4v) is 5.88. The highest BCUT2D eigenvalue weighted by atomic mass is 32.1. The van der Waals surface area contributed by atoms with Crippen LogP contribution >= 0.6 is 11.3 Å². The number of halogens is 1. The molecule has 5 heterocycles. The topological polar surface area (TPSA) is 61.8 Å². The number of aromatic nitrogens is 2. The molecule has 3 aliphatic heterocycles. The number of fused-ring (bicyclic) bond motifs is 3. The van der Waals surface area contributed by atoms with Gasteiger partial charge in [-0.3, -0.25) is 4.79 Å². The molecule has 2 aromatic heterocycles. The van der Waals surface area contributed by atoms with Crippen LogP contribution in [0.15, 0.2) is 18.3 Å². The first-order valence-electron chi connectivity index (χ1n) is 10.0. The van der Waals surface area contributed by atoms with Gasteiger partial charge in [0.05, 0.1) is 18.4 Å². The minimum absolute atomic E-state index is 0.0725. The molecule has 0 spiro atoms. The molecule has 154 valence electrons. The summed E-state index contributed by atoms with van der Waals surface area (Å²) in [6, 6.07) is 3.81. The molecule has 0 N–H and O–H groups in total. The number of hydrogen-bond donors (Lipinski definition) is 0. The summed E-state index contributed by atoms with van der Waals surface area (Å²) < 4.78 is 18.3. The van der Waals surface area contributed by atoms with E-state index in [0.29, 0.717) is 30.9 Å². The highest BCUT2D eigenvalue weighted by molar-refractivity contribution is 7.15. The Hall–Kier alpha value is -2.26. The monoisotopic (exact) mass is 417 g/mol. The summed E-state index contributed by atoms with van der Waals surface area (Å²) in [6.45, 7) is 3.36. The molecular formula is C20H24FN5O2S. The molecule has 2 atom stereocenters. The normalized spacial score (nSPS) is 23.9. The molecule has 2 fully saturated rings. The highest BCUT2D eigenvalue weighted by Gasteiger charge is 2.40. The summed E-state index contributed by atoms with van der Waals surface area (Å²) in [5.41, 5.74) is 1.14. The van der Waals surface area contributed by atoms with Gasteiger partial charge in [-0.15, -0.1) is 0 Å². The van der Waals surface area contributed by atoms with E-state index < -0.39 is 5.95 Å². The minimum atomic E-state index is -0.568. The van der Waals surface area contributed by atoms with Gasteiger partial charge in [0.25, 0.3) is 5.91 Å². The van der Waals surface area contributed by atoms with Crippen molar-refractivity contribution in [3.05, 3.63) is 34.8 Å². The van der Waals surface area contributed by atoms with Crippen LogP contribution in [0.4, 0.5) is 9.52 Å². The molecule has 9 heteroatoms. The van der Waals surface area contributed by atoms with Crippen molar-refractivity contribution in [1.82, 2.24) is 19.8 Å². The summed E-state index contributed by atoms with van der Waals surface area (Å²) in [4.78, 5) is 29.0. The Bertz CT molecular complexity index is 891. The molecule has 7 nitrogen and oxygen atoms in total. The minimum Gasteiger partial charge on any atom is -0.482 e. The summed E-state index contributed by atoms with van der Waals surface area (Å²) in [5, 5.41) is 1.12. The van der Waals surface area contributed by atoms with Crippen molar-refractivity contribution >= 4 is 22.4 Å². The third-order valence-electron chi connectivity index (χ3n) is 6.02. The summed E-state index contributed by atoms with van der Waals surface area (Å²) in [5.74, 6) is -0.250. The number of ether oxygens (including phenoxy) is 1. The maximum absolute atomic E-state index is 12.9. The molecule has 3 aliphatic rings. The molecule has 5 rings (SSSR count). The number of hydrogen-bond acceptors (Lipinski definition) is 7. The second-order valence-corrected chi connectivity index (χ2v) is 9.11. The predicted molar refractivity (Wildman–Crippen MR) is 108 cm³/mol. The van der Waals surface area contributed by atoms with Crippen LogP contribution in [0.2, 0.25) is 0 Å². The lowest BCUT2D eigenvalue weighted by molar-refractivity contribution is -0.134. The van der Waals surface area contributed by atoms with Crippen molar-refractivity contribution in [2.24, 2.45) is 0 Å². The quantitative estimate of drug-likeness (QED) is 0.709. The second kappa shape index (κ2) is 7.53. The number of likely N-dealkylation sites (N-methyl/N-ethyl adjacent to an activating group) is 1. The zero-order valence-electron chi connectivity index (χ0n) is 16.4. The number of rotatable bonds is 4. The first-order chi connectivity index (χ1) is 14.1. The lowest BCUT2D eigenvalue weighted by atomic mass is 10.2. The van der Waals surface area contributed by atoms with Gasteiger partial charge in [0.2, 0.25) is 5.95 Å². The largest absolute Gasteiger partial charge is 0.482 e. The SMILES string of the molecule is CN1CC2CCC(C1)N2c1nc2c(s1)CN(C(=O)COc1ccc(F)nc1)CC2. The fraction of sp³-hybridized carbons (Fsp3) is 0.550. The summed E-state index contributed by atoms with van der Waals surface area (Å²) in [6.07, 6.45) is 4.54. The number of amides is 1. The number of piperazine rings is 1. The van der Waals surface area contributed by atoms with Crippen LogP contribution in [0, 0.1) is 5.95 Å². The summed E-state index contributed by atoms with van der Waals surface area (Å²) in [7, 11) is 2.20. The van der Waals surface area contributed by atoms with Crippen molar-refractivity contribution in [3.8, 4) is 5.75 Å². The van der Waals surface area contributed by atoms with E-state index in [0.717, 1.165) is 30.3 Å². The van der Waals surface area contributed by atoms with Crippen LogP contribution in [0.25, 0.3) is 0 Å². The molecule has 2 saturated heterocycles. The molecule has 2 aromatic rings. The van der Waals surface area contributed by atoms with E-state index in [1.54, 1.807) is 11.3 Å². The van der Waals surface area contributed by atoms with E-state index in [4.69, 9.17) is 9.72 Å². The standard InChI is InChI=1S/C20H24FN5O2S/c1-24-9-13-2-3-14(10-24)26(13)20-23-16-6-7-25(11-17(16)29-20)19(27)12-28-15-4-5-18(21)22-8-15/h4-5,8,13-14H,2-3,6-7,9-12H2,1H3. The Kier molecular flexibility index (Phi) is 4.87. The van der Waals surface area contributed by atoms with E-state index >= 15 is 0 Å². The van der Waals surface area contributed by atoms with Crippen LogP contribution in [0.1, 0.15) is 23.4 Å². The molecule has 2 unspecified atom stereocenters. The third kappa shape index (κ3) is 3.69. The molecule has 29 heavy (non-hydrogen) atoms. The van der Waals surface area contributed by atoms with Crippen LogP contribution in [0.3, 0.4) is 0 Å². The van der Waals surface area contributed by atoms with Crippen LogP contribution in [-0.2, 0) is 17.8 Å². The molecule has 2 bridgehead atoms. The number of carbonyl (C=O) groups excluding carboxylic acids is 1. The maximum atomic E-state index is 12.9. The van der Waals surface area contributed by atoms with Gasteiger partial charge in [-0.2, -0.15) is 4.39 Å². The molecule has 0 aliphatic carbocycles.